The van der Waals surface area contributed by atoms with Gasteiger partial charge in [0.1, 0.15) is 5.03 Å². The summed E-state index contributed by atoms with van der Waals surface area (Å²) < 4.78 is 0. The second-order valence-electron chi connectivity index (χ2n) is 5.89. The average molecular weight is 382 g/mol. The summed E-state index contributed by atoms with van der Waals surface area (Å²) in [6.45, 7) is 4.49. The molecule has 0 amide bonds. The van der Waals surface area contributed by atoms with Gasteiger partial charge in [-0.2, -0.15) is 0 Å². The van der Waals surface area contributed by atoms with Gasteiger partial charge in [-0.3, -0.25) is 0 Å². The fourth-order valence-electron chi connectivity index (χ4n) is 3.09. The lowest BCUT2D eigenvalue weighted by Crippen LogP contribution is -2.46. The maximum atomic E-state index is 9.74. The molecule has 1 saturated heterocycles. The summed E-state index contributed by atoms with van der Waals surface area (Å²) in [5.74, 6) is 0.0704. The Hall–Kier alpha value is -1.56. The molecule has 0 spiro atoms. The molecule has 1 aromatic carbocycles. The van der Waals surface area contributed by atoms with Crippen LogP contribution >= 0.6 is 34.5 Å². The fourth-order valence-corrected chi connectivity index (χ4v) is 4.67. The molecule has 0 saturated carbocycles. The fraction of sp³-hybridized carbons (Fsp3) is 0.294. The topological polar surface area (TPSA) is 38.7 Å². The third kappa shape index (κ3) is 2.92. The van der Waals surface area contributed by atoms with E-state index in [2.05, 4.69) is 33.3 Å². The lowest BCUT2D eigenvalue weighted by molar-refractivity contribution is 0.365. The van der Waals surface area contributed by atoms with Crippen LogP contribution in [0.15, 0.2) is 36.2 Å². The third-order valence-electron chi connectivity index (χ3n) is 4.44. The molecule has 0 atom stereocenters. The summed E-state index contributed by atoms with van der Waals surface area (Å²) in [5.41, 5.74) is 2.16. The number of piperazine rings is 1. The molecule has 2 aromatic rings. The molecule has 1 fully saturated rings. The molecular weight excluding hydrogens is 365 g/mol. The maximum Gasteiger partial charge on any atom is 0.204 e. The van der Waals surface area contributed by atoms with Crippen molar-refractivity contribution in [2.24, 2.45) is 0 Å². The monoisotopic (exact) mass is 381 g/mol. The number of nitrogens with one attached hydrogen (secondary N) is 1. The molecule has 2 aliphatic heterocycles. The average Bonchev–Trinajstić information content (AvgIpc) is 3.04. The molecule has 2 N–H and O–H groups in total. The molecule has 2 aliphatic rings. The van der Waals surface area contributed by atoms with Crippen LogP contribution in [0.4, 0.5) is 10.7 Å². The van der Waals surface area contributed by atoms with E-state index in [4.69, 9.17) is 23.2 Å². The van der Waals surface area contributed by atoms with E-state index < -0.39 is 0 Å². The highest BCUT2D eigenvalue weighted by Crippen LogP contribution is 2.39. The number of anilines is 2. The van der Waals surface area contributed by atoms with Crippen LogP contribution in [0.5, 0.6) is 0 Å². The first-order valence-corrected chi connectivity index (χ1v) is 9.40. The van der Waals surface area contributed by atoms with E-state index in [1.54, 1.807) is 11.3 Å². The molecule has 4 rings (SSSR count). The number of aliphatic hydroxyl groups excluding tert-OH is 1. The highest BCUT2D eigenvalue weighted by Gasteiger charge is 2.24. The molecule has 0 radical (unpaired) electrons. The van der Waals surface area contributed by atoms with Crippen molar-refractivity contribution in [3.05, 3.63) is 51.7 Å². The van der Waals surface area contributed by atoms with Gasteiger partial charge >= 0.3 is 0 Å². The van der Waals surface area contributed by atoms with Gasteiger partial charge in [0, 0.05) is 47.3 Å². The van der Waals surface area contributed by atoms with Gasteiger partial charge in [-0.15, -0.1) is 11.3 Å². The van der Waals surface area contributed by atoms with Crippen LogP contribution in [0, 0.1) is 0 Å². The van der Waals surface area contributed by atoms with Crippen LogP contribution in [0.2, 0.25) is 5.02 Å². The van der Waals surface area contributed by atoms with Crippen LogP contribution in [-0.2, 0) is 6.54 Å². The number of aliphatic hydroxyl groups is 1. The quantitative estimate of drug-likeness (QED) is 0.815. The van der Waals surface area contributed by atoms with Crippen molar-refractivity contribution in [1.82, 2.24) is 5.32 Å². The van der Waals surface area contributed by atoms with Gasteiger partial charge in [-0.25, -0.2) is 0 Å². The largest absolute Gasteiger partial charge is 0.494 e. The molecule has 0 bridgehead atoms. The SMILES string of the molecule is OC1=C(Cl)c2cc(N3CCN(c4ccc(Cl)cc4)CC3)sc2CN1. The highest BCUT2D eigenvalue weighted by molar-refractivity contribution is 7.16. The molecule has 4 nitrogen and oxygen atoms in total. The van der Waals surface area contributed by atoms with Crippen molar-refractivity contribution in [3.8, 4) is 0 Å². The maximum absolute atomic E-state index is 9.74. The number of fused-ring (bicyclic) bond motifs is 1. The Morgan fingerprint density at radius 2 is 1.67 bits per heavy atom. The predicted octanol–water partition coefficient (Wildman–Crippen LogP) is 4.25. The first-order valence-electron chi connectivity index (χ1n) is 7.83. The Labute approximate surface area is 154 Å². The second kappa shape index (κ2) is 6.39. The van der Waals surface area contributed by atoms with Gasteiger partial charge in [-0.05, 0) is 30.3 Å². The van der Waals surface area contributed by atoms with Crippen LogP contribution in [-0.4, -0.2) is 31.3 Å². The molecule has 126 valence electrons. The van der Waals surface area contributed by atoms with Gasteiger partial charge in [0.25, 0.3) is 0 Å². The zero-order valence-electron chi connectivity index (χ0n) is 12.9. The second-order valence-corrected chi connectivity index (χ2v) is 7.82. The molecule has 24 heavy (non-hydrogen) atoms. The van der Waals surface area contributed by atoms with Crippen LogP contribution in [0.25, 0.3) is 5.03 Å². The lowest BCUT2D eigenvalue weighted by Gasteiger charge is -2.36. The molecule has 3 heterocycles. The van der Waals surface area contributed by atoms with Gasteiger partial charge in [0.05, 0.1) is 11.5 Å². The minimum Gasteiger partial charge on any atom is -0.494 e. The van der Waals surface area contributed by atoms with E-state index in [0.29, 0.717) is 11.6 Å². The van der Waals surface area contributed by atoms with E-state index >= 15 is 0 Å². The number of thiophene rings is 1. The number of benzene rings is 1. The minimum absolute atomic E-state index is 0.0704. The number of halogens is 2. The first-order chi connectivity index (χ1) is 11.6. The van der Waals surface area contributed by atoms with Crippen molar-refractivity contribution in [1.29, 1.82) is 0 Å². The van der Waals surface area contributed by atoms with Gasteiger partial charge < -0.3 is 20.2 Å². The van der Waals surface area contributed by atoms with Crippen LogP contribution in [0.3, 0.4) is 0 Å². The van der Waals surface area contributed by atoms with Crippen molar-refractivity contribution < 1.29 is 5.11 Å². The Bertz CT molecular complexity index is 780. The zero-order chi connectivity index (χ0) is 16.7. The van der Waals surface area contributed by atoms with Crippen molar-refractivity contribution >= 4 is 50.3 Å². The summed E-state index contributed by atoms with van der Waals surface area (Å²) in [7, 11) is 0. The van der Waals surface area contributed by atoms with E-state index in [1.807, 2.05) is 12.1 Å². The molecular formula is C17H17Cl2N3OS. The van der Waals surface area contributed by atoms with E-state index in [1.165, 1.54) is 15.6 Å². The van der Waals surface area contributed by atoms with Gasteiger partial charge in [0.2, 0.25) is 5.88 Å². The Balaban J connectivity index is 1.47. The van der Waals surface area contributed by atoms with E-state index in [9.17, 15) is 5.11 Å². The van der Waals surface area contributed by atoms with Gasteiger partial charge in [0.15, 0.2) is 0 Å². The number of hydrogen-bond donors (Lipinski definition) is 2. The predicted molar refractivity (Wildman–Crippen MR) is 102 cm³/mol. The summed E-state index contributed by atoms with van der Waals surface area (Å²) in [5, 5.41) is 15.0. The standard InChI is InChI=1S/C17H17Cl2N3OS/c18-11-1-3-12(4-2-11)21-5-7-22(8-6-21)15-9-13-14(24-15)10-20-17(23)16(13)19/h1-4,9,20,23H,5-8,10H2. The van der Waals surface area contributed by atoms with Crippen molar-refractivity contribution in [2.75, 3.05) is 36.0 Å². The van der Waals surface area contributed by atoms with E-state index in [0.717, 1.165) is 36.8 Å². The Morgan fingerprint density at radius 1 is 1.00 bits per heavy atom. The smallest absolute Gasteiger partial charge is 0.204 e. The molecule has 0 aliphatic carbocycles. The highest BCUT2D eigenvalue weighted by atomic mass is 35.5. The molecule has 0 unspecified atom stereocenters. The first kappa shape index (κ1) is 15.9. The summed E-state index contributed by atoms with van der Waals surface area (Å²) in [6, 6.07) is 10.1. The Morgan fingerprint density at radius 3 is 2.38 bits per heavy atom. The minimum atomic E-state index is 0.0704. The van der Waals surface area contributed by atoms with Crippen LogP contribution in [0.1, 0.15) is 10.4 Å². The number of rotatable bonds is 2. The normalized spacial score (nSPS) is 17.8. The summed E-state index contributed by atoms with van der Waals surface area (Å²) in [6.07, 6.45) is 0. The number of nitrogens with zero attached hydrogens (tertiary/aromatic N) is 2. The van der Waals surface area contributed by atoms with Crippen LogP contribution < -0.4 is 15.1 Å². The van der Waals surface area contributed by atoms with Crippen molar-refractivity contribution in [3.63, 3.8) is 0 Å². The lowest BCUT2D eigenvalue weighted by atomic mass is 10.2. The summed E-state index contributed by atoms with van der Waals surface area (Å²) >= 11 is 13.9. The number of hydrogen-bond acceptors (Lipinski definition) is 5. The Kier molecular flexibility index (Phi) is 4.24. The van der Waals surface area contributed by atoms with Gasteiger partial charge in [-0.1, -0.05) is 23.2 Å². The molecule has 1 aromatic heterocycles. The summed E-state index contributed by atoms with van der Waals surface area (Å²) in [4.78, 5) is 5.94. The van der Waals surface area contributed by atoms with E-state index in [-0.39, 0.29) is 5.88 Å². The zero-order valence-corrected chi connectivity index (χ0v) is 15.3. The third-order valence-corrected chi connectivity index (χ3v) is 6.27. The molecule has 7 heteroatoms. The van der Waals surface area contributed by atoms with Crippen molar-refractivity contribution in [2.45, 2.75) is 6.54 Å².